The van der Waals surface area contributed by atoms with Gasteiger partial charge < -0.3 is 15.2 Å². The molecule has 2 heterocycles. The molecule has 0 radical (unpaired) electrons. The number of anilines is 1. The molecule has 4 rings (SSSR count). The lowest BCUT2D eigenvalue weighted by Crippen LogP contribution is -2.51. The highest BCUT2D eigenvalue weighted by Gasteiger charge is 2.54. The second-order valence-electron chi connectivity index (χ2n) is 7.61. The van der Waals surface area contributed by atoms with Crippen LogP contribution in [0, 0.1) is 6.92 Å². The Hall–Kier alpha value is -2.87. The molecule has 2 aromatic carbocycles. The number of fused-ring (bicyclic) bond motifs is 2. The highest BCUT2D eigenvalue weighted by molar-refractivity contribution is 5.90. The first kappa shape index (κ1) is 20.4. The molecule has 2 atom stereocenters. The largest absolute Gasteiger partial charge is 0.493 e. The predicted molar refractivity (Wildman–Crippen MR) is 108 cm³/mol. The third-order valence-electron chi connectivity index (χ3n) is 5.51. The predicted octanol–water partition coefficient (Wildman–Crippen LogP) is 4.60. The van der Waals surface area contributed by atoms with Crippen molar-refractivity contribution in [1.29, 1.82) is 0 Å². The number of aliphatic hydroxyl groups is 1. The summed E-state index contributed by atoms with van der Waals surface area (Å²) in [5.41, 5.74) is -1.14. The van der Waals surface area contributed by atoms with Crippen molar-refractivity contribution in [3.8, 4) is 5.75 Å². The van der Waals surface area contributed by atoms with E-state index in [1.165, 1.54) is 0 Å². The summed E-state index contributed by atoms with van der Waals surface area (Å²) in [7, 11) is 0. The van der Waals surface area contributed by atoms with Gasteiger partial charge in [-0.2, -0.15) is 13.2 Å². The quantitative estimate of drug-likeness (QED) is 0.635. The van der Waals surface area contributed by atoms with Crippen LogP contribution in [-0.2, 0) is 0 Å². The van der Waals surface area contributed by atoms with Crippen molar-refractivity contribution < 1.29 is 23.0 Å². The van der Waals surface area contributed by atoms with Crippen molar-refractivity contribution in [3.63, 3.8) is 0 Å². The Morgan fingerprint density at radius 1 is 1.17 bits per heavy atom. The van der Waals surface area contributed by atoms with Crippen molar-refractivity contribution in [1.82, 2.24) is 9.97 Å². The molecule has 0 aliphatic carbocycles. The van der Waals surface area contributed by atoms with Gasteiger partial charge in [0.05, 0.1) is 18.7 Å². The second-order valence-corrected chi connectivity index (χ2v) is 7.61. The summed E-state index contributed by atoms with van der Waals surface area (Å²) in [6, 6.07) is 12.2. The van der Waals surface area contributed by atoms with Gasteiger partial charge in [-0.3, -0.25) is 0 Å². The second kappa shape index (κ2) is 7.75. The van der Waals surface area contributed by atoms with Gasteiger partial charge in [-0.05, 0) is 49.4 Å². The minimum Gasteiger partial charge on any atom is -0.493 e. The third kappa shape index (κ3) is 3.92. The van der Waals surface area contributed by atoms with Crippen molar-refractivity contribution in [3.05, 3.63) is 60.0 Å². The minimum absolute atomic E-state index is 0.322. The molecular weight excluding hydrogens is 395 g/mol. The number of rotatable bonds is 5. The zero-order valence-electron chi connectivity index (χ0n) is 16.4. The lowest BCUT2D eigenvalue weighted by molar-refractivity contribution is -0.258. The number of alkyl halides is 3. The van der Waals surface area contributed by atoms with Crippen LogP contribution < -0.4 is 10.1 Å². The highest BCUT2D eigenvalue weighted by atomic mass is 19.4. The van der Waals surface area contributed by atoms with Gasteiger partial charge in [0.15, 0.2) is 5.60 Å². The van der Waals surface area contributed by atoms with E-state index in [0.29, 0.717) is 46.8 Å². The van der Waals surface area contributed by atoms with Crippen LogP contribution >= 0.6 is 0 Å². The molecule has 30 heavy (non-hydrogen) atoms. The average Bonchev–Trinajstić information content (AvgIpc) is 2.71. The Labute approximate surface area is 171 Å². The molecule has 0 bridgehead atoms. The molecule has 158 valence electrons. The maximum atomic E-state index is 14.0. The zero-order chi connectivity index (χ0) is 21.4. The first-order valence-corrected chi connectivity index (χ1v) is 9.74. The number of para-hydroxylation sites is 1. The number of aryl methyl sites for hydroxylation is 1. The maximum absolute atomic E-state index is 14.0. The molecule has 0 amide bonds. The van der Waals surface area contributed by atoms with Crippen LogP contribution in [0.5, 0.6) is 5.75 Å². The molecule has 1 aromatic heterocycles. The van der Waals surface area contributed by atoms with Crippen LogP contribution in [0.4, 0.5) is 18.9 Å². The number of benzene rings is 2. The molecule has 2 N–H and O–H groups in total. The fraction of sp³-hybridized carbons (Fsp3) is 0.364. The van der Waals surface area contributed by atoms with E-state index in [0.717, 1.165) is 0 Å². The van der Waals surface area contributed by atoms with Gasteiger partial charge in [-0.15, -0.1) is 0 Å². The van der Waals surface area contributed by atoms with E-state index in [-0.39, 0.29) is 0 Å². The van der Waals surface area contributed by atoms with Gasteiger partial charge in [0.25, 0.3) is 0 Å². The summed E-state index contributed by atoms with van der Waals surface area (Å²) in [6.45, 7) is 1.39. The van der Waals surface area contributed by atoms with Crippen LogP contribution in [0.2, 0.25) is 0 Å². The molecular formula is C22H22F3N3O2. The van der Waals surface area contributed by atoms with E-state index in [4.69, 9.17) is 4.74 Å². The first-order valence-electron chi connectivity index (χ1n) is 9.74. The maximum Gasteiger partial charge on any atom is 0.418 e. The summed E-state index contributed by atoms with van der Waals surface area (Å²) in [6.07, 6.45) is -3.27. The van der Waals surface area contributed by atoms with Crippen LogP contribution in [0.25, 0.3) is 10.9 Å². The molecule has 1 aliphatic heterocycles. The fourth-order valence-corrected chi connectivity index (χ4v) is 3.87. The SMILES string of the molecule is Cc1ncc2c(NCC(O)(CC3CCOc4ccccc43)C(F)(F)F)cccc2n1. The Balaban J connectivity index is 1.60. The Kier molecular flexibility index (Phi) is 5.27. The number of ether oxygens (including phenoxy) is 1. The summed E-state index contributed by atoms with van der Waals surface area (Å²) in [5, 5.41) is 14.1. The van der Waals surface area contributed by atoms with Crippen LogP contribution in [-0.4, -0.2) is 40.0 Å². The van der Waals surface area contributed by atoms with Crippen LogP contribution in [0.1, 0.15) is 30.1 Å². The monoisotopic (exact) mass is 417 g/mol. The summed E-state index contributed by atoms with van der Waals surface area (Å²) < 4.78 is 47.4. The summed E-state index contributed by atoms with van der Waals surface area (Å²) in [5.74, 6) is 0.694. The molecule has 0 spiro atoms. The molecule has 0 saturated heterocycles. The smallest absolute Gasteiger partial charge is 0.418 e. The number of halogens is 3. The molecule has 2 unspecified atom stereocenters. The van der Waals surface area contributed by atoms with Crippen molar-refractivity contribution in [2.75, 3.05) is 18.5 Å². The molecule has 0 saturated carbocycles. The van der Waals surface area contributed by atoms with E-state index >= 15 is 0 Å². The minimum atomic E-state index is -4.80. The highest BCUT2D eigenvalue weighted by Crippen LogP contribution is 2.43. The Bertz CT molecular complexity index is 1060. The molecule has 3 aromatic rings. The standard InChI is InChI=1S/C22H22F3N3O2/c1-14-26-12-17-18(6-4-7-19(17)28-14)27-13-21(29,22(23,24)25)11-15-9-10-30-20-8-3-2-5-16(15)20/h2-8,12,15,27,29H,9-11,13H2,1H3. The lowest BCUT2D eigenvalue weighted by Gasteiger charge is -2.36. The summed E-state index contributed by atoms with van der Waals surface area (Å²) >= 11 is 0. The van der Waals surface area contributed by atoms with E-state index in [1.807, 2.05) is 0 Å². The number of nitrogens with one attached hydrogen (secondary N) is 1. The van der Waals surface area contributed by atoms with E-state index in [2.05, 4.69) is 15.3 Å². The Morgan fingerprint density at radius 3 is 2.77 bits per heavy atom. The van der Waals surface area contributed by atoms with E-state index < -0.39 is 30.7 Å². The normalized spacial score (nSPS) is 18.4. The molecule has 1 aliphatic rings. The van der Waals surface area contributed by atoms with Crippen molar-refractivity contribution in [2.24, 2.45) is 0 Å². The lowest BCUT2D eigenvalue weighted by atomic mass is 9.82. The van der Waals surface area contributed by atoms with Gasteiger partial charge in [-0.25, -0.2) is 9.97 Å². The van der Waals surface area contributed by atoms with Gasteiger partial charge in [-0.1, -0.05) is 24.3 Å². The summed E-state index contributed by atoms with van der Waals surface area (Å²) in [4.78, 5) is 8.43. The molecule has 5 nitrogen and oxygen atoms in total. The topological polar surface area (TPSA) is 67.3 Å². The Morgan fingerprint density at radius 2 is 1.97 bits per heavy atom. The first-order chi connectivity index (χ1) is 14.3. The average molecular weight is 417 g/mol. The molecule has 0 fully saturated rings. The zero-order valence-corrected chi connectivity index (χ0v) is 16.4. The fourth-order valence-electron chi connectivity index (χ4n) is 3.87. The van der Waals surface area contributed by atoms with Gasteiger partial charge in [0, 0.05) is 17.3 Å². The number of nitrogens with zero attached hydrogens (tertiary/aromatic N) is 2. The van der Waals surface area contributed by atoms with E-state index in [1.54, 1.807) is 55.6 Å². The van der Waals surface area contributed by atoms with Crippen molar-refractivity contribution in [2.45, 2.75) is 37.5 Å². The van der Waals surface area contributed by atoms with Gasteiger partial charge >= 0.3 is 6.18 Å². The van der Waals surface area contributed by atoms with Crippen molar-refractivity contribution >= 4 is 16.6 Å². The van der Waals surface area contributed by atoms with Crippen LogP contribution in [0.3, 0.4) is 0 Å². The van der Waals surface area contributed by atoms with Gasteiger partial charge in [0.2, 0.25) is 0 Å². The third-order valence-corrected chi connectivity index (χ3v) is 5.51. The molecule has 8 heteroatoms. The number of hydrogen-bond donors (Lipinski definition) is 2. The van der Waals surface area contributed by atoms with Gasteiger partial charge in [0.1, 0.15) is 11.6 Å². The number of hydrogen-bond acceptors (Lipinski definition) is 5. The van der Waals surface area contributed by atoms with Crippen LogP contribution in [0.15, 0.2) is 48.7 Å². The van der Waals surface area contributed by atoms with E-state index in [9.17, 15) is 18.3 Å². The number of aromatic nitrogens is 2.